The molecule has 0 bridgehead atoms. The summed E-state index contributed by atoms with van der Waals surface area (Å²) in [7, 11) is 0. The lowest BCUT2D eigenvalue weighted by Gasteiger charge is -2.14. The van der Waals surface area contributed by atoms with E-state index in [9.17, 15) is 0 Å². The molecule has 2 aromatic rings. The molecule has 0 saturated carbocycles. The van der Waals surface area contributed by atoms with Gasteiger partial charge in [-0.25, -0.2) is 4.98 Å². The maximum absolute atomic E-state index is 4.04. The van der Waals surface area contributed by atoms with E-state index in [0.717, 1.165) is 13.1 Å². The SMILES string of the molecule is CC(Cn1ccnc1)NCc1ccc(I)cc1. The molecule has 0 aliphatic carbocycles. The molecule has 0 fully saturated rings. The molecule has 0 aliphatic heterocycles. The van der Waals surface area contributed by atoms with Crippen molar-refractivity contribution in [3.8, 4) is 0 Å². The van der Waals surface area contributed by atoms with Crippen LogP contribution < -0.4 is 5.32 Å². The van der Waals surface area contributed by atoms with Crippen molar-refractivity contribution < 1.29 is 0 Å². The fraction of sp³-hybridized carbons (Fsp3) is 0.308. The number of hydrogen-bond acceptors (Lipinski definition) is 2. The van der Waals surface area contributed by atoms with Crippen molar-refractivity contribution >= 4 is 22.6 Å². The van der Waals surface area contributed by atoms with Crippen molar-refractivity contribution in [2.24, 2.45) is 0 Å². The van der Waals surface area contributed by atoms with Crippen molar-refractivity contribution in [2.75, 3.05) is 0 Å². The lowest BCUT2D eigenvalue weighted by molar-refractivity contribution is 0.476. The molecule has 1 atom stereocenters. The van der Waals surface area contributed by atoms with Gasteiger partial charge in [0.1, 0.15) is 0 Å². The van der Waals surface area contributed by atoms with E-state index in [-0.39, 0.29) is 0 Å². The van der Waals surface area contributed by atoms with Crippen molar-refractivity contribution in [2.45, 2.75) is 26.1 Å². The Morgan fingerprint density at radius 1 is 1.35 bits per heavy atom. The van der Waals surface area contributed by atoms with Crippen molar-refractivity contribution in [1.29, 1.82) is 0 Å². The van der Waals surface area contributed by atoms with Crippen LogP contribution in [0, 0.1) is 3.57 Å². The van der Waals surface area contributed by atoms with Crippen LogP contribution in [0.5, 0.6) is 0 Å². The van der Waals surface area contributed by atoms with E-state index in [1.165, 1.54) is 9.13 Å². The molecule has 0 aliphatic rings. The van der Waals surface area contributed by atoms with Crippen LogP contribution in [0.1, 0.15) is 12.5 Å². The second-order valence-electron chi connectivity index (χ2n) is 4.17. The van der Waals surface area contributed by atoms with Gasteiger partial charge >= 0.3 is 0 Å². The summed E-state index contributed by atoms with van der Waals surface area (Å²) in [5.41, 5.74) is 1.32. The smallest absolute Gasteiger partial charge is 0.0946 e. The Kier molecular flexibility index (Phi) is 4.56. The van der Waals surface area contributed by atoms with Crippen molar-refractivity contribution in [3.63, 3.8) is 0 Å². The minimum atomic E-state index is 0.434. The molecule has 90 valence electrons. The molecule has 0 radical (unpaired) electrons. The van der Waals surface area contributed by atoms with Crippen LogP contribution in [0.15, 0.2) is 43.0 Å². The largest absolute Gasteiger partial charge is 0.336 e. The van der Waals surface area contributed by atoms with Gasteiger partial charge in [-0.15, -0.1) is 0 Å². The van der Waals surface area contributed by atoms with Crippen LogP contribution in [0.25, 0.3) is 0 Å². The molecule has 1 N–H and O–H groups in total. The Hall–Kier alpha value is -0.880. The Labute approximate surface area is 115 Å². The van der Waals surface area contributed by atoms with Gasteiger partial charge in [0.25, 0.3) is 0 Å². The van der Waals surface area contributed by atoms with E-state index < -0.39 is 0 Å². The van der Waals surface area contributed by atoms with Gasteiger partial charge in [-0.1, -0.05) is 12.1 Å². The number of rotatable bonds is 5. The van der Waals surface area contributed by atoms with Gasteiger partial charge in [-0.3, -0.25) is 0 Å². The van der Waals surface area contributed by atoms with E-state index >= 15 is 0 Å². The summed E-state index contributed by atoms with van der Waals surface area (Å²) < 4.78 is 3.36. The quantitative estimate of drug-likeness (QED) is 0.848. The van der Waals surface area contributed by atoms with Gasteiger partial charge in [-0.2, -0.15) is 0 Å². The first-order valence-corrected chi connectivity index (χ1v) is 6.75. The fourth-order valence-corrected chi connectivity index (χ4v) is 2.03. The molecule has 4 heteroatoms. The first-order valence-electron chi connectivity index (χ1n) is 5.67. The predicted molar refractivity (Wildman–Crippen MR) is 77.7 cm³/mol. The second-order valence-corrected chi connectivity index (χ2v) is 5.41. The fourth-order valence-electron chi connectivity index (χ4n) is 1.67. The number of nitrogens with one attached hydrogen (secondary N) is 1. The summed E-state index contributed by atoms with van der Waals surface area (Å²) in [5, 5.41) is 3.51. The van der Waals surface area contributed by atoms with Crippen molar-refractivity contribution in [1.82, 2.24) is 14.9 Å². The third-order valence-electron chi connectivity index (χ3n) is 2.61. The number of imidazole rings is 1. The normalized spacial score (nSPS) is 12.6. The zero-order valence-corrected chi connectivity index (χ0v) is 12.0. The Morgan fingerprint density at radius 3 is 2.76 bits per heavy atom. The van der Waals surface area contributed by atoms with Gasteiger partial charge in [0.15, 0.2) is 0 Å². The Morgan fingerprint density at radius 2 is 2.12 bits per heavy atom. The van der Waals surface area contributed by atoms with Gasteiger partial charge in [0.05, 0.1) is 6.33 Å². The Balaban J connectivity index is 1.79. The standard InChI is InChI=1S/C13H16IN3/c1-11(9-17-7-6-15-10-17)16-8-12-2-4-13(14)5-3-12/h2-7,10-11,16H,8-9H2,1H3. The van der Waals surface area contributed by atoms with Gasteiger partial charge in [0.2, 0.25) is 0 Å². The van der Waals surface area contributed by atoms with E-state index in [4.69, 9.17) is 0 Å². The molecule has 1 aromatic heterocycles. The molecule has 1 aromatic carbocycles. The highest BCUT2D eigenvalue weighted by molar-refractivity contribution is 14.1. The maximum Gasteiger partial charge on any atom is 0.0946 e. The molecule has 2 rings (SSSR count). The molecule has 0 amide bonds. The van der Waals surface area contributed by atoms with E-state index in [2.05, 4.69) is 68.6 Å². The molecule has 0 spiro atoms. The van der Waals surface area contributed by atoms with Crippen LogP contribution in [-0.4, -0.2) is 15.6 Å². The summed E-state index contributed by atoms with van der Waals surface area (Å²) >= 11 is 2.32. The van der Waals surface area contributed by atoms with E-state index in [0.29, 0.717) is 6.04 Å². The van der Waals surface area contributed by atoms with Crippen LogP contribution >= 0.6 is 22.6 Å². The highest BCUT2D eigenvalue weighted by Crippen LogP contribution is 2.06. The third kappa shape index (κ3) is 4.12. The minimum absolute atomic E-state index is 0.434. The minimum Gasteiger partial charge on any atom is -0.336 e. The van der Waals surface area contributed by atoms with Crippen LogP contribution in [0.3, 0.4) is 0 Å². The summed E-state index contributed by atoms with van der Waals surface area (Å²) in [6, 6.07) is 9.04. The number of aromatic nitrogens is 2. The van der Waals surface area contributed by atoms with E-state index in [1.54, 1.807) is 0 Å². The number of benzene rings is 1. The van der Waals surface area contributed by atoms with E-state index in [1.807, 2.05) is 18.7 Å². The van der Waals surface area contributed by atoms with Gasteiger partial charge in [0, 0.05) is 35.1 Å². The summed E-state index contributed by atoms with van der Waals surface area (Å²) in [5.74, 6) is 0. The average molecular weight is 341 g/mol. The van der Waals surface area contributed by atoms with Crippen LogP contribution in [-0.2, 0) is 13.1 Å². The summed E-state index contributed by atoms with van der Waals surface area (Å²) in [4.78, 5) is 4.04. The van der Waals surface area contributed by atoms with Gasteiger partial charge < -0.3 is 9.88 Å². The predicted octanol–water partition coefficient (Wildman–Crippen LogP) is 2.67. The maximum atomic E-state index is 4.04. The second kappa shape index (κ2) is 6.16. The highest BCUT2D eigenvalue weighted by Gasteiger charge is 2.02. The topological polar surface area (TPSA) is 29.9 Å². The molecule has 3 nitrogen and oxygen atoms in total. The van der Waals surface area contributed by atoms with Crippen molar-refractivity contribution in [3.05, 3.63) is 52.1 Å². The average Bonchev–Trinajstić information content (AvgIpc) is 2.81. The monoisotopic (exact) mass is 341 g/mol. The highest BCUT2D eigenvalue weighted by atomic mass is 127. The first-order chi connectivity index (χ1) is 8.24. The zero-order valence-electron chi connectivity index (χ0n) is 9.81. The Bertz CT molecular complexity index is 436. The first kappa shape index (κ1) is 12.6. The summed E-state index contributed by atoms with van der Waals surface area (Å²) in [6.07, 6.45) is 5.65. The lowest BCUT2D eigenvalue weighted by atomic mass is 10.2. The molecular weight excluding hydrogens is 325 g/mol. The van der Waals surface area contributed by atoms with Gasteiger partial charge in [-0.05, 0) is 47.2 Å². The molecule has 17 heavy (non-hydrogen) atoms. The molecular formula is C13H16IN3. The molecule has 1 heterocycles. The number of halogens is 1. The zero-order chi connectivity index (χ0) is 12.1. The lowest BCUT2D eigenvalue weighted by Crippen LogP contribution is -2.29. The molecule has 0 saturated heterocycles. The van der Waals surface area contributed by atoms with Crippen LogP contribution in [0.4, 0.5) is 0 Å². The summed E-state index contributed by atoms with van der Waals surface area (Å²) in [6.45, 7) is 4.05. The number of nitrogens with zero attached hydrogens (tertiary/aromatic N) is 2. The molecule has 1 unspecified atom stereocenters. The van der Waals surface area contributed by atoms with Crippen LogP contribution in [0.2, 0.25) is 0 Å². The number of hydrogen-bond donors (Lipinski definition) is 1. The third-order valence-corrected chi connectivity index (χ3v) is 3.33.